The van der Waals surface area contributed by atoms with Crippen molar-refractivity contribution < 1.29 is 19.1 Å². The number of ether oxygens (including phenoxy) is 1. The van der Waals surface area contributed by atoms with Gasteiger partial charge in [-0.05, 0) is 24.6 Å². The first-order valence-corrected chi connectivity index (χ1v) is 8.33. The largest absolute Gasteiger partial charge is 0.466 e. The standard InChI is InChI=1S/C21H20O4/c1-4-25-18(22)12-21(2,3)13-9-10-16-17(11-13)20(24)15-8-6-5-7-14(15)19(16)23/h5-11H,4,12H2,1-3H3. The zero-order valence-electron chi connectivity index (χ0n) is 14.6. The molecule has 128 valence electrons. The molecule has 0 aromatic heterocycles. The monoisotopic (exact) mass is 336 g/mol. The molecular formula is C21H20O4. The number of carbonyl (C=O) groups is 3. The second kappa shape index (κ2) is 6.28. The van der Waals surface area contributed by atoms with Gasteiger partial charge < -0.3 is 4.74 Å². The Morgan fingerprint density at radius 2 is 1.48 bits per heavy atom. The van der Waals surface area contributed by atoms with Crippen LogP contribution in [0.2, 0.25) is 0 Å². The van der Waals surface area contributed by atoms with E-state index in [1.807, 2.05) is 19.9 Å². The molecule has 0 atom stereocenters. The van der Waals surface area contributed by atoms with E-state index < -0.39 is 5.41 Å². The van der Waals surface area contributed by atoms with Gasteiger partial charge in [0, 0.05) is 27.7 Å². The van der Waals surface area contributed by atoms with Crippen molar-refractivity contribution in [2.24, 2.45) is 0 Å². The molecule has 0 saturated carbocycles. The van der Waals surface area contributed by atoms with E-state index in [2.05, 4.69) is 0 Å². The zero-order valence-corrected chi connectivity index (χ0v) is 14.6. The molecule has 2 aromatic rings. The molecule has 0 saturated heterocycles. The fraction of sp³-hybridized carbons (Fsp3) is 0.286. The van der Waals surface area contributed by atoms with Gasteiger partial charge in [0.25, 0.3) is 0 Å². The van der Waals surface area contributed by atoms with Crippen molar-refractivity contribution in [3.05, 3.63) is 70.3 Å². The number of ketones is 2. The average molecular weight is 336 g/mol. The van der Waals surface area contributed by atoms with Gasteiger partial charge in [0.15, 0.2) is 11.6 Å². The van der Waals surface area contributed by atoms with Crippen LogP contribution >= 0.6 is 0 Å². The molecule has 4 nitrogen and oxygen atoms in total. The fourth-order valence-corrected chi connectivity index (χ4v) is 3.20. The molecule has 0 heterocycles. The van der Waals surface area contributed by atoms with Gasteiger partial charge in [-0.15, -0.1) is 0 Å². The first-order chi connectivity index (χ1) is 11.8. The molecule has 1 aliphatic carbocycles. The van der Waals surface area contributed by atoms with Gasteiger partial charge in [-0.3, -0.25) is 14.4 Å². The van der Waals surface area contributed by atoms with Crippen molar-refractivity contribution in [1.29, 1.82) is 0 Å². The average Bonchev–Trinajstić information content (AvgIpc) is 2.59. The lowest BCUT2D eigenvalue weighted by atomic mass is 9.77. The molecule has 2 aromatic carbocycles. The Hall–Kier alpha value is -2.75. The van der Waals surface area contributed by atoms with E-state index in [0.717, 1.165) is 5.56 Å². The summed E-state index contributed by atoms with van der Waals surface area (Å²) in [5.74, 6) is -0.572. The number of hydrogen-bond acceptors (Lipinski definition) is 4. The molecule has 0 N–H and O–H groups in total. The van der Waals surface area contributed by atoms with Gasteiger partial charge in [0.05, 0.1) is 13.0 Å². The van der Waals surface area contributed by atoms with Crippen molar-refractivity contribution >= 4 is 17.5 Å². The van der Waals surface area contributed by atoms with Crippen LogP contribution < -0.4 is 0 Å². The molecule has 0 amide bonds. The summed E-state index contributed by atoms with van der Waals surface area (Å²) in [5, 5.41) is 0. The Kier molecular flexibility index (Phi) is 4.29. The van der Waals surface area contributed by atoms with E-state index in [1.54, 1.807) is 43.3 Å². The second-order valence-electron chi connectivity index (χ2n) is 6.83. The number of benzene rings is 2. The van der Waals surface area contributed by atoms with Crippen molar-refractivity contribution in [3.63, 3.8) is 0 Å². The third-order valence-electron chi connectivity index (χ3n) is 4.60. The predicted molar refractivity (Wildman–Crippen MR) is 94.0 cm³/mol. The van der Waals surface area contributed by atoms with Crippen molar-refractivity contribution in [2.75, 3.05) is 6.61 Å². The topological polar surface area (TPSA) is 60.4 Å². The van der Waals surface area contributed by atoms with Gasteiger partial charge >= 0.3 is 5.97 Å². The van der Waals surface area contributed by atoms with Crippen LogP contribution in [0, 0.1) is 0 Å². The van der Waals surface area contributed by atoms with E-state index >= 15 is 0 Å². The highest BCUT2D eigenvalue weighted by atomic mass is 16.5. The number of hydrogen-bond donors (Lipinski definition) is 0. The number of esters is 1. The molecule has 0 fully saturated rings. The summed E-state index contributed by atoms with van der Waals surface area (Å²) in [7, 11) is 0. The smallest absolute Gasteiger partial charge is 0.306 e. The molecule has 1 aliphatic rings. The minimum Gasteiger partial charge on any atom is -0.466 e. The Labute approximate surface area is 146 Å². The molecule has 0 aliphatic heterocycles. The zero-order chi connectivity index (χ0) is 18.2. The minimum atomic E-state index is -0.498. The Morgan fingerprint density at radius 1 is 0.920 bits per heavy atom. The molecule has 0 spiro atoms. The lowest BCUT2D eigenvalue weighted by Crippen LogP contribution is -2.26. The Bertz CT molecular complexity index is 877. The van der Waals surface area contributed by atoms with Crippen LogP contribution in [0.3, 0.4) is 0 Å². The maximum Gasteiger partial charge on any atom is 0.306 e. The van der Waals surface area contributed by atoms with Crippen molar-refractivity contribution in [2.45, 2.75) is 32.6 Å². The SMILES string of the molecule is CCOC(=O)CC(C)(C)c1ccc2c(c1)C(=O)c1ccccc1C2=O. The highest BCUT2D eigenvalue weighted by Crippen LogP contribution is 2.33. The number of rotatable bonds is 4. The van der Waals surface area contributed by atoms with E-state index in [4.69, 9.17) is 4.74 Å². The third kappa shape index (κ3) is 3.00. The lowest BCUT2D eigenvalue weighted by Gasteiger charge is -2.26. The van der Waals surface area contributed by atoms with E-state index in [-0.39, 0.29) is 24.0 Å². The first-order valence-electron chi connectivity index (χ1n) is 8.33. The van der Waals surface area contributed by atoms with E-state index in [1.165, 1.54) is 0 Å². The molecule has 0 bridgehead atoms. The quantitative estimate of drug-likeness (QED) is 0.682. The summed E-state index contributed by atoms with van der Waals surface area (Å²) in [6.45, 7) is 5.96. The van der Waals surface area contributed by atoms with Gasteiger partial charge in [0.1, 0.15) is 0 Å². The van der Waals surface area contributed by atoms with Crippen LogP contribution in [0.1, 0.15) is 64.6 Å². The Morgan fingerprint density at radius 3 is 2.08 bits per heavy atom. The summed E-state index contributed by atoms with van der Waals surface area (Å²) < 4.78 is 5.04. The van der Waals surface area contributed by atoms with Crippen molar-refractivity contribution in [3.8, 4) is 0 Å². The second-order valence-corrected chi connectivity index (χ2v) is 6.83. The lowest BCUT2D eigenvalue weighted by molar-refractivity contribution is -0.144. The minimum absolute atomic E-state index is 0.139. The van der Waals surface area contributed by atoms with Crippen LogP contribution in [-0.4, -0.2) is 24.1 Å². The molecule has 0 unspecified atom stereocenters. The molecule has 0 radical (unpaired) electrons. The third-order valence-corrected chi connectivity index (χ3v) is 4.60. The summed E-state index contributed by atoms with van der Waals surface area (Å²) in [6.07, 6.45) is 0.207. The molecular weight excluding hydrogens is 316 g/mol. The summed E-state index contributed by atoms with van der Waals surface area (Å²) >= 11 is 0. The van der Waals surface area contributed by atoms with Crippen LogP contribution in [0.25, 0.3) is 0 Å². The van der Waals surface area contributed by atoms with Gasteiger partial charge in [-0.25, -0.2) is 0 Å². The van der Waals surface area contributed by atoms with E-state index in [0.29, 0.717) is 28.9 Å². The highest BCUT2D eigenvalue weighted by Gasteiger charge is 2.32. The summed E-state index contributed by atoms with van der Waals surface area (Å²) in [6, 6.07) is 12.1. The van der Waals surface area contributed by atoms with Crippen LogP contribution in [0.4, 0.5) is 0 Å². The van der Waals surface area contributed by atoms with E-state index in [9.17, 15) is 14.4 Å². The number of fused-ring (bicyclic) bond motifs is 2. The Balaban J connectivity index is 2.01. The summed E-state index contributed by atoms with van der Waals surface area (Å²) in [4.78, 5) is 37.3. The molecule has 25 heavy (non-hydrogen) atoms. The highest BCUT2D eigenvalue weighted by molar-refractivity contribution is 6.28. The maximum absolute atomic E-state index is 12.8. The van der Waals surface area contributed by atoms with Crippen molar-refractivity contribution in [1.82, 2.24) is 0 Å². The number of carbonyl (C=O) groups excluding carboxylic acids is 3. The molecule has 4 heteroatoms. The van der Waals surface area contributed by atoms with Gasteiger partial charge in [-0.1, -0.05) is 44.2 Å². The fourth-order valence-electron chi connectivity index (χ4n) is 3.20. The van der Waals surface area contributed by atoms with Crippen LogP contribution in [0.15, 0.2) is 42.5 Å². The maximum atomic E-state index is 12.8. The van der Waals surface area contributed by atoms with Crippen LogP contribution in [-0.2, 0) is 14.9 Å². The summed E-state index contributed by atoms with van der Waals surface area (Å²) in [5.41, 5.74) is 2.03. The normalized spacial score (nSPS) is 13.2. The predicted octanol–water partition coefficient (Wildman–Crippen LogP) is 3.69. The molecule has 3 rings (SSSR count). The van der Waals surface area contributed by atoms with Crippen LogP contribution in [0.5, 0.6) is 0 Å². The van der Waals surface area contributed by atoms with Gasteiger partial charge in [0.2, 0.25) is 0 Å². The van der Waals surface area contributed by atoms with Gasteiger partial charge in [-0.2, -0.15) is 0 Å². The first kappa shape index (κ1) is 17.1.